The summed E-state index contributed by atoms with van der Waals surface area (Å²) >= 11 is 0. The molecule has 0 radical (unpaired) electrons. The molecule has 1 saturated heterocycles. The van der Waals surface area contributed by atoms with Crippen LogP contribution in [0.15, 0.2) is 12.1 Å². The molecule has 0 aromatic heterocycles. The summed E-state index contributed by atoms with van der Waals surface area (Å²) in [7, 11) is 0. The van der Waals surface area contributed by atoms with Gasteiger partial charge in [-0.1, -0.05) is 53.7 Å². The van der Waals surface area contributed by atoms with Crippen LogP contribution in [-0.2, 0) is 26.9 Å². The van der Waals surface area contributed by atoms with Crippen LogP contribution in [0.4, 0.5) is 0 Å². The zero-order valence-electron chi connectivity index (χ0n) is 20.9. The van der Waals surface area contributed by atoms with E-state index >= 15 is 0 Å². The molecule has 4 nitrogen and oxygen atoms in total. The normalized spacial score (nSPS) is 19.7. The Labute approximate surface area is 184 Å². The molecule has 170 valence electrons. The Bertz CT molecular complexity index is 727. The molecule has 0 bridgehead atoms. The number of benzene rings is 1. The van der Waals surface area contributed by atoms with Crippen molar-refractivity contribution in [3.8, 4) is 5.75 Å². The molecule has 1 N–H and O–H groups in total. The molecule has 0 amide bonds. The summed E-state index contributed by atoms with van der Waals surface area (Å²) in [6.45, 7) is 21.3. The Morgan fingerprint density at radius 3 is 1.80 bits per heavy atom. The summed E-state index contributed by atoms with van der Waals surface area (Å²) in [5.41, 5.74) is 2.13. The first-order valence-electron chi connectivity index (χ1n) is 11.3. The van der Waals surface area contributed by atoms with E-state index in [1.165, 1.54) is 6.42 Å². The van der Waals surface area contributed by atoms with E-state index in [0.29, 0.717) is 12.2 Å². The first-order valence-corrected chi connectivity index (χ1v) is 11.3. The predicted octanol–water partition coefficient (Wildman–Crippen LogP) is 6.07. The fraction of sp³-hybridized carbons (Fsp3) is 0.731. The lowest BCUT2D eigenvalue weighted by atomic mass is 9.78. The smallest absolute Gasteiger partial charge is 0.164 e. The molecule has 1 aliphatic rings. The first-order chi connectivity index (χ1) is 13.4. The summed E-state index contributed by atoms with van der Waals surface area (Å²) in [5.74, 6) is 0.400. The number of hydrogen-bond donors (Lipinski definition) is 1. The van der Waals surface area contributed by atoms with Crippen molar-refractivity contribution in [3.63, 3.8) is 0 Å². The van der Waals surface area contributed by atoms with Crippen molar-refractivity contribution < 1.29 is 14.7 Å². The number of hydrogen-bond acceptors (Lipinski definition) is 4. The molecule has 1 heterocycles. The number of phenols is 1. The third kappa shape index (κ3) is 5.64. The number of carbonyl (C=O) groups excluding carboxylic acids is 1. The van der Waals surface area contributed by atoms with E-state index < -0.39 is 0 Å². The predicted molar refractivity (Wildman–Crippen MR) is 124 cm³/mol. The maximum absolute atomic E-state index is 12.9. The Balaban J connectivity index is 2.22. The van der Waals surface area contributed by atoms with Crippen molar-refractivity contribution in [1.82, 2.24) is 5.06 Å². The fourth-order valence-corrected chi connectivity index (χ4v) is 4.68. The second-order valence-electron chi connectivity index (χ2n) is 12.3. The lowest BCUT2D eigenvalue weighted by Gasteiger charge is -2.51. The number of Topliss-reactive ketones (excluding diaryl/α,β-unsaturated/α-hetero) is 1. The van der Waals surface area contributed by atoms with Crippen molar-refractivity contribution in [1.29, 1.82) is 0 Å². The summed E-state index contributed by atoms with van der Waals surface area (Å²) in [5, 5.41) is 12.9. The Morgan fingerprint density at radius 1 is 0.967 bits per heavy atom. The van der Waals surface area contributed by atoms with Crippen molar-refractivity contribution in [3.05, 3.63) is 28.8 Å². The highest BCUT2D eigenvalue weighted by Gasteiger charge is 2.42. The Kier molecular flexibility index (Phi) is 6.86. The number of rotatable bonds is 5. The van der Waals surface area contributed by atoms with Crippen LogP contribution in [0, 0.1) is 0 Å². The standard InChI is InChI=1S/C26H43NO3/c1-23(2,3)20-15-18(16-21(22(20)29)24(4,5)6)14-19(28)17-30-27-25(7,8)12-11-13-26(27,9)10/h15-16,29H,11-14,17H2,1-10H3. The molecule has 0 unspecified atom stereocenters. The molecule has 1 aromatic rings. The van der Waals surface area contributed by atoms with Gasteiger partial charge in [0.05, 0.1) is 0 Å². The van der Waals surface area contributed by atoms with E-state index in [-0.39, 0.29) is 34.3 Å². The zero-order chi connectivity index (χ0) is 23.1. The maximum atomic E-state index is 12.9. The van der Waals surface area contributed by atoms with Crippen LogP contribution >= 0.6 is 0 Å². The second kappa shape index (κ2) is 8.27. The molecule has 1 aromatic carbocycles. The first kappa shape index (κ1) is 24.9. The fourth-order valence-electron chi connectivity index (χ4n) is 4.68. The molecule has 1 aliphatic heterocycles. The zero-order valence-corrected chi connectivity index (χ0v) is 20.9. The van der Waals surface area contributed by atoms with Gasteiger partial charge in [-0.05, 0) is 74.5 Å². The third-order valence-electron chi connectivity index (χ3n) is 6.22. The highest BCUT2D eigenvalue weighted by molar-refractivity contribution is 5.82. The largest absolute Gasteiger partial charge is 0.507 e. The molecular formula is C26H43NO3. The third-order valence-corrected chi connectivity index (χ3v) is 6.22. The van der Waals surface area contributed by atoms with Gasteiger partial charge < -0.3 is 5.11 Å². The number of carbonyl (C=O) groups is 1. The van der Waals surface area contributed by atoms with Crippen molar-refractivity contribution in [2.75, 3.05) is 6.61 Å². The van der Waals surface area contributed by atoms with Gasteiger partial charge in [-0.3, -0.25) is 9.63 Å². The molecule has 2 rings (SSSR count). The van der Waals surface area contributed by atoms with Gasteiger partial charge in [-0.15, -0.1) is 0 Å². The maximum Gasteiger partial charge on any atom is 0.164 e. The van der Waals surface area contributed by atoms with Crippen LogP contribution in [0.1, 0.15) is 105 Å². The Hall–Kier alpha value is -1.39. The molecule has 0 spiro atoms. The summed E-state index contributed by atoms with van der Waals surface area (Å²) in [4.78, 5) is 19.0. The van der Waals surface area contributed by atoms with Gasteiger partial charge in [0, 0.05) is 17.5 Å². The minimum absolute atomic E-state index is 0.0533. The van der Waals surface area contributed by atoms with E-state index in [4.69, 9.17) is 4.84 Å². The highest BCUT2D eigenvalue weighted by atomic mass is 16.7. The van der Waals surface area contributed by atoms with Crippen molar-refractivity contribution in [2.45, 2.75) is 117 Å². The van der Waals surface area contributed by atoms with Gasteiger partial charge in [-0.25, -0.2) is 0 Å². The van der Waals surface area contributed by atoms with E-state index in [1.54, 1.807) is 0 Å². The summed E-state index contributed by atoms with van der Waals surface area (Å²) in [6, 6.07) is 3.97. The number of ketones is 1. The minimum atomic E-state index is -0.207. The number of phenolic OH excluding ortho intramolecular Hbond substituents is 1. The summed E-state index contributed by atoms with van der Waals surface area (Å²) < 4.78 is 0. The number of aromatic hydroxyl groups is 1. The van der Waals surface area contributed by atoms with Crippen molar-refractivity contribution >= 4 is 5.78 Å². The van der Waals surface area contributed by atoms with Gasteiger partial charge in [-0.2, -0.15) is 5.06 Å². The average Bonchev–Trinajstić information content (AvgIpc) is 2.52. The monoisotopic (exact) mass is 417 g/mol. The van der Waals surface area contributed by atoms with Crippen molar-refractivity contribution in [2.24, 2.45) is 0 Å². The summed E-state index contributed by atoms with van der Waals surface area (Å²) in [6.07, 6.45) is 3.60. The van der Waals surface area contributed by atoms with Gasteiger partial charge in [0.25, 0.3) is 0 Å². The van der Waals surface area contributed by atoms with Gasteiger partial charge in [0.2, 0.25) is 0 Å². The van der Waals surface area contributed by atoms with Crippen LogP contribution in [0.3, 0.4) is 0 Å². The Morgan fingerprint density at radius 2 is 1.40 bits per heavy atom. The average molecular weight is 418 g/mol. The van der Waals surface area contributed by atoms with Crippen LogP contribution in [-0.4, -0.2) is 33.6 Å². The van der Waals surface area contributed by atoms with Crippen LogP contribution in [0.5, 0.6) is 5.75 Å². The second-order valence-corrected chi connectivity index (χ2v) is 12.3. The van der Waals surface area contributed by atoms with Gasteiger partial charge in [0.15, 0.2) is 5.78 Å². The van der Waals surface area contributed by atoms with E-state index in [9.17, 15) is 9.90 Å². The molecule has 0 aliphatic carbocycles. The molecule has 0 atom stereocenters. The number of piperidine rings is 1. The van der Waals surface area contributed by atoms with E-state index in [2.05, 4.69) is 69.2 Å². The van der Waals surface area contributed by atoms with Crippen LogP contribution in [0.25, 0.3) is 0 Å². The SMILES string of the molecule is CC(C)(C)c1cc(CC(=O)CON2C(C)(C)CCCC2(C)C)cc(C(C)(C)C)c1O. The highest BCUT2D eigenvalue weighted by Crippen LogP contribution is 2.40. The molecule has 1 fully saturated rings. The molecular weight excluding hydrogens is 374 g/mol. The number of nitrogens with zero attached hydrogens (tertiary/aromatic N) is 1. The lowest BCUT2D eigenvalue weighted by Crippen LogP contribution is -2.58. The van der Waals surface area contributed by atoms with Gasteiger partial charge in [0.1, 0.15) is 12.4 Å². The molecule has 4 heteroatoms. The minimum Gasteiger partial charge on any atom is -0.507 e. The quantitative estimate of drug-likeness (QED) is 0.631. The van der Waals surface area contributed by atoms with Gasteiger partial charge >= 0.3 is 0 Å². The van der Waals surface area contributed by atoms with Crippen LogP contribution < -0.4 is 0 Å². The van der Waals surface area contributed by atoms with E-state index in [1.807, 2.05) is 17.2 Å². The van der Waals surface area contributed by atoms with E-state index in [0.717, 1.165) is 29.5 Å². The molecule has 30 heavy (non-hydrogen) atoms. The lowest BCUT2D eigenvalue weighted by molar-refractivity contribution is -0.276. The number of hydroxylamine groups is 2. The topological polar surface area (TPSA) is 49.8 Å². The van der Waals surface area contributed by atoms with Crippen LogP contribution in [0.2, 0.25) is 0 Å². The molecule has 0 saturated carbocycles.